The number of carbonyl (C=O) groups excluding carboxylic acids is 1. The van der Waals surface area contributed by atoms with Gasteiger partial charge < -0.3 is 26.2 Å². The minimum absolute atomic E-state index is 0.0208. The van der Waals surface area contributed by atoms with Gasteiger partial charge >= 0.3 is 11.9 Å². The van der Waals surface area contributed by atoms with Crippen LogP contribution in [0, 0.1) is 0 Å². The van der Waals surface area contributed by atoms with Gasteiger partial charge in [0.2, 0.25) is 5.13 Å². The normalized spacial score (nSPS) is 9.96. The van der Waals surface area contributed by atoms with Gasteiger partial charge in [0, 0.05) is 36.3 Å². The highest BCUT2D eigenvalue weighted by Gasteiger charge is 2.08. The van der Waals surface area contributed by atoms with Gasteiger partial charge in [-0.15, -0.1) is 11.3 Å². The van der Waals surface area contributed by atoms with Crippen LogP contribution in [0.1, 0.15) is 10.5 Å². The lowest BCUT2D eigenvalue weighted by molar-refractivity contribution is -0.134. The Balaban J connectivity index is 0.000000333. The summed E-state index contributed by atoms with van der Waals surface area (Å²) in [6, 6.07) is 1.77. The van der Waals surface area contributed by atoms with Crippen molar-refractivity contribution in [3.8, 4) is 11.3 Å². The fourth-order valence-corrected chi connectivity index (χ4v) is 2.26. The molecule has 0 atom stereocenters. The number of rotatable bonds is 5. The SMILES string of the molecule is Cn1cc(-c2csc(N=C(N)N)n2)cc1C=O.O=C(O)/C=C\C(=O)O. The quantitative estimate of drug-likeness (QED) is 0.257. The molecule has 0 aliphatic carbocycles. The molecular formula is C14H15N5O5S. The maximum absolute atomic E-state index is 10.7. The Hall–Kier alpha value is -3.47. The summed E-state index contributed by atoms with van der Waals surface area (Å²) < 4.78 is 1.74. The summed E-state index contributed by atoms with van der Waals surface area (Å²) in [6.07, 6.45) is 3.75. The van der Waals surface area contributed by atoms with Crippen molar-refractivity contribution in [3.63, 3.8) is 0 Å². The summed E-state index contributed by atoms with van der Waals surface area (Å²) in [6.45, 7) is 0. The molecule has 0 spiro atoms. The number of aryl methyl sites for hydroxylation is 1. The molecule has 25 heavy (non-hydrogen) atoms. The predicted molar refractivity (Wildman–Crippen MR) is 91.8 cm³/mol. The first kappa shape index (κ1) is 19.6. The lowest BCUT2D eigenvalue weighted by Crippen LogP contribution is -2.21. The van der Waals surface area contributed by atoms with Gasteiger partial charge in [0.25, 0.3) is 0 Å². The van der Waals surface area contributed by atoms with Crippen molar-refractivity contribution in [1.82, 2.24) is 9.55 Å². The van der Waals surface area contributed by atoms with E-state index in [4.69, 9.17) is 21.7 Å². The number of hydrogen-bond acceptors (Lipinski definition) is 6. The Labute approximate surface area is 145 Å². The topological polar surface area (TPSA) is 174 Å². The molecule has 0 saturated heterocycles. The number of aldehydes is 1. The second kappa shape index (κ2) is 8.98. The number of nitrogens with two attached hydrogens (primary N) is 2. The summed E-state index contributed by atoms with van der Waals surface area (Å²) >= 11 is 1.34. The molecule has 0 bridgehead atoms. The summed E-state index contributed by atoms with van der Waals surface area (Å²) in [7, 11) is 1.80. The molecular weight excluding hydrogens is 350 g/mol. The first-order valence-corrected chi connectivity index (χ1v) is 7.42. The lowest BCUT2D eigenvalue weighted by Gasteiger charge is -1.90. The second-order valence-corrected chi connectivity index (χ2v) is 5.28. The Bertz CT molecular complexity index is 817. The van der Waals surface area contributed by atoms with E-state index in [0.717, 1.165) is 17.5 Å². The van der Waals surface area contributed by atoms with Crippen molar-refractivity contribution < 1.29 is 24.6 Å². The number of carboxylic acids is 2. The van der Waals surface area contributed by atoms with Gasteiger partial charge in [0.1, 0.15) is 0 Å². The van der Waals surface area contributed by atoms with Crippen molar-refractivity contribution >= 4 is 40.7 Å². The molecule has 10 nitrogen and oxygen atoms in total. The van der Waals surface area contributed by atoms with Crippen LogP contribution in [0.15, 0.2) is 34.8 Å². The number of aliphatic carboxylic acids is 2. The highest BCUT2D eigenvalue weighted by molar-refractivity contribution is 7.13. The van der Waals surface area contributed by atoms with Crippen molar-refractivity contribution in [1.29, 1.82) is 0 Å². The number of guanidine groups is 1. The molecule has 0 aliphatic rings. The highest BCUT2D eigenvalue weighted by Crippen LogP contribution is 2.27. The monoisotopic (exact) mass is 365 g/mol. The van der Waals surface area contributed by atoms with E-state index < -0.39 is 11.9 Å². The van der Waals surface area contributed by atoms with E-state index in [1.54, 1.807) is 17.7 Å². The van der Waals surface area contributed by atoms with E-state index in [1.807, 2.05) is 11.6 Å². The second-order valence-electron chi connectivity index (χ2n) is 4.44. The molecule has 0 fully saturated rings. The molecule has 2 heterocycles. The van der Waals surface area contributed by atoms with Gasteiger partial charge in [-0.05, 0) is 6.07 Å². The molecule has 0 aromatic carbocycles. The average Bonchev–Trinajstić information content (AvgIpc) is 3.11. The molecule has 132 valence electrons. The number of carbonyl (C=O) groups is 3. The molecule has 2 aromatic heterocycles. The van der Waals surface area contributed by atoms with E-state index in [2.05, 4.69) is 9.98 Å². The minimum atomic E-state index is -1.26. The Morgan fingerprint density at radius 1 is 1.28 bits per heavy atom. The van der Waals surface area contributed by atoms with E-state index in [9.17, 15) is 14.4 Å². The third-order valence-electron chi connectivity index (χ3n) is 2.55. The van der Waals surface area contributed by atoms with Crippen molar-refractivity contribution in [3.05, 3.63) is 35.5 Å². The molecule has 0 aliphatic heterocycles. The smallest absolute Gasteiger partial charge is 0.328 e. The van der Waals surface area contributed by atoms with Gasteiger partial charge in [0.05, 0.1) is 11.4 Å². The van der Waals surface area contributed by atoms with Gasteiger partial charge in [-0.1, -0.05) is 0 Å². The van der Waals surface area contributed by atoms with Gasteiger partial charge in [-0.2, -0.15) is 4.99 Å². The largest absolute Gasteiger partial charge is 0.478 e. The van der Waals surface area contributed by atoms with Crippen LogP contribution in [0.4, 0.5) is 5.13 Å². The van der Waals surface area contributed by atoms with Crippen molar-refractivity contribution in [2.75, 3.05) is 0 Å². The summed E-state index contributed by atoms with van der Waals surface area (Å²) in [4.78, 5) is 37.9. The number of nitrogens with zero attached hydrogens (tertiary/aromatic N) is 3. The van der Waals surface area contributed by atoms with Crippen LogP contribution in [-0.2, 0) is 16.6 Å². The highest BCUT2D eigenvalue weighted by atomic mass is 32.1. The van der Waals surface area contributed by atoms with E-state index >= 15 is 0 Å². The number of aromatic nitrogens is 2. The molecule has 0 amide bonds. The number of carboxylic acid groups (broad SMARTS) is 2. The molecule has 6 N–H and O–H groups in total. The maximum Gasteiger partial charge on any atom is 0.328 e. The molecule has 11 heteroatoms. The zero-order valence-corrected chi connectivity index (χ0v) is 13.8. The van der Waals surface area contributed by atoms with Crippen LogP contribution in [-0.4, -0.2) is 43.9 Å². The van der Waals surface area contributed by atoms with Crippen LogP contribution >= 0.6 is 11.3 Å². The fraction of sp³-hybridized carbons (Fsp3) is 0.0714. The van der Waals surface area contributed by atoms with E-state index in [1.165, 1.54) is 11.3 Å². The van der Waals surface area contributed by atoms with Crippen LogP contribution in [0.3, 0.4) is 0 Å². The number of thiazole rings is 1. The van der Waals surface area contributed by atoms with Crippen molar-refractivity contribution in [2.45, 2.75) is 0 Å². The van der Waals surface area contributed by atoms with Gasteiger partial charge in [0.15, 0.2) is 12.2 Å². The van der Waals surface area contributed by atoms with E-state index in [-0.39, 0.29) is 5.96 Å². The third-order valence-corrected chi connectivity index (χ3v) is 3.28. The van der Waals surface area contributed by atoms with Crippen LogP contribution < -0.4 is 11.5 Å². The van der Waals surface area contributed by atoms with E-state index in [0.29, 0.717) is 23.0 Å². The Kier molecular flexibility index (Phi) is 7.03. The average molecular weight is 365 g/mol. The standard InChI is InChI=1S/C10H11N5OS.C4H4O4/c1-15-3-6(2-7(15)4-16)8-5-17-10(13-8)14-9(11)12;5-3(6)1-2-4(7)8/h2-5H,1H3,(H4,11,12,13,14);1-2H,(H,5,6)(H,7,8)/b;2-1-. The van der Waals surface area contributed by atoms with Crippen LogP contribution in [0.5, 0.6) is 0 Å². The first-order valence-electron chi connectivity index (χ1n) is 6.54. The lowest BCUT2D eigenvalue weighted by atomic mass is 10.2. The summed E-state index contributed by atoms with van der Waals surface area (Å²) in [5.74, 6) is -2.53. The number of aliphatic imine (C=N–C) groups is 1. The molecule has 0 radical (unpaired) electrons. The van der Waals surface area contributed by atoms with Gasteiger partial charge in [-0.3, -0.25) is 4.79 Å². The van der Waals surface area contributed by atoms with Crippen LogP contribution in [0.2, 0.25) is 0 Å². The number of hydrogen-bond donors (Lipinski definition) is 4. The zero-order valence-electron chi connectivity index (χ0n) is 13.0. The maximum atomic E-state index is 10.7. The molecule has 2 aromatic rings. The minimum Gasteiger partial charge on any atom is -0.478 e. The Morgan fingerprint density at radius 3 is 2.32 bits per heavy atom. The molecule has 2 rings (SSSR count). The predicted octanol–water partition coefficient (Wildman–Crippen LogP) is 0.578. The third kappa shape index (κ3) is 6.66. The van der Waals surface area contributed by atoms with Gasteiger partial charge in [-0.25, -0.2) is 14.6 Å². The molecule has 0 unspecified atom stereocenters. The zero-order chi connectivity index (χ0) is 19.0. The summed E-state index contributed by atoms with van der Waals surface area (Å²) in [5, 5.41) is 18.0. The molecule has 0 saturated carbocycles. The summed E-state index contributed by atoms with van der Waals surface area (Å²) in [5.41, 5.74) is 12.7. The Morgan fingerprint density at radius 2 is 1.88 bits per heavy atom. The first-order chi connectivity index (χ1) is 11.7. The van der Waals surface area contributed by atoms with Crippen LogP contribution in [0.25, 0.3) is 11.3 Å². The van der Waals surface area contributed by atoms with Crippen molar-refractivity contribution in [2.24, 2.45) is 23.5 Å². The fourth-order valence-electron chi connectivity index (χ4n) is 1.54.